The molecule has 0 heterocycles. The first kappa shape index (κ1) is 13.2. The Balaban J connectivity index is 4.42. The monoisotopic (exact) mass is 230 g/mol. The van der Waals surface area contributed by atoms with Crippen LogP contribution in [-0.2, 0) is 19.3 Å². The molecule has 0 aliphatic rings. The minimum atomic E-state index is -3.19. The third-order valence-corrected chi connectivity index (χ3v) is 3.75. The maximum atomic E-state index is 11.2. The molecule has 0 aliphatic heterocycles. The van der Waals surface area contributed by atoms with Crippen LogP contribution in [0, 0.1) is 0 Å². The van der Waals surface area contributed by atoms with E-state index < -0.39 is 20.5 Å². The fourth-order valence-electron chi connectivity index (χ4n) is 0.927. The zero-order chi connectivity index (χ0) is 10.5. The lowest BCUT2D eigenvalue weighted by atomic mass is 10.3. The summed E-state index contributed by atoms with van der Waals surface area (Å²) in [5, 5.41) is -1.28. The van der Waals surface area contributed by atoms with Crippen LogP contribution in [0.4, 0.5) is 0 Å². The third-order valence-electron chi connectivity index (χ3n) is 1.61. The zero-order valence-corrected chi connectivity index (χ0v) is 9.56. The Morgan fingerprint density at radius 1 is 1.23 bits per heavy atom. The molecular weight excluding hydrogens is 216 g/mol. The number of hydrogen-bond acceptors (Lipinski definition) is 4. The molecule has 0 aliphatic carbocycles. The molecule has 0 aromatic rings. The summed E-state index contributed by atoms with van der Waals surface area (Å²) in [6.45, 7) is 0.291. The highest BCUT2D eigenvalue weighted by Gasteiger charge is 2.28. The van der Waals surface area contributed by atoms with E-state index in [0.717, 1.165) is 6.26 Å². The summed E-state index contributed by atoms with van der Waals surface area (Å²) in [6, 6.07) is 0. The lowest BCUT2D eigenvalue weighted by molar-refractivity contribution is 0.164. The Labute approximate surface area is 84.1 Å². The lowest BCUT2D eigenvalue weighted by Crippen LogP contribution is -2.36. The minimum absolute atomic E-state index is 0.0936. The highest BCUT2D eigenvalue weighted by atomic mass is 35.5. The van der Waals surface area contributed by atoms with Crippen LogP contribution in [-0.4, -0.2) is 52.7 Å². The highest BCUT2D eigenvalue weighted by molar-refractivity contribution is 7.91. The molecule has 0 spiro atoms. The number of rotatable bonds is 6. The Morgan fingerprint density at radius 3 is 2.00 bits per heavy atom. The van der Waals surface area contributed by atoms with E-state index in [2.05, 4.69) is 0 Å². The first-order valence-electron chi connectivity index (χ1n) is 3.74. The van der Waals surface area contributed by atoms with Gasteiger partial charge in [-0.2, -0.15) is 0 Å². The van der Waals surface area contributed by atoms with Crippen LogP contribution in [0.2, 0.25) is 0 Å². The van der Waals surface area contributed by atoms with E-state index in [9.17, 15) is 8.42 Å². The summed E-state index contributed by atoms with van der Waals surface area (Å²) in [4.78, 5) is 0. The summed E-state index contributed by atoms with van der Waals surface area (Å²) < 4.78 is 32.0. The SMILES string of the molecule is COCC(Cl)C(COC)S(C)(=O)=O. The number of hydrogen-bond donors (Lipinski definition) is 0. The Bertz CT molecular complexity index is 227. The number of ether oxygens (including phenoxy) is 2. The predicted octanol–water partition coefficient (Wildman–Crippen LogP) is 0.300. The zero-order valence-electron chi connectivity index (χ0n) is 7.99. The quantitative estimate of drug-likeness (QED) is 0.616. The standard InChI is InChI=1S/C7H15ClO4S/c1-11-4-6(8)7(5-12-2)13(3,9)10/h6-7H,4-5H2,1-3H3. The van der Waals surface area contributed by atoms with Gasteiger partial charge in [-0.15, -0.1) is 11.6 Å². The molecule has 0 saturated carbocycles. The molecule has 0 radical (unpaired) electrons. The second-order valence-corrected chi connectivity index (χ2v) is 5.62. The average Bonchev–Trinajstić information content (AvgIpc) is 1.98. The molecule has 0 N–H and O–H groups in total. The van der Waals surface area contributed by atoms with Gasteiger partial charge in [-0.3, -0.25) is 0 Å². The highest BCUT2D eigenvalue weighted by Crippen LogP contribution is 2.12. The van der Waals surface area contributed by atoms with Crippen molar-refractivity contribution in [2.75, 3.05) is 33.7 Å². The van der Waals surface area contributed by atoms with Crippen molar-refractivity contribution in [3.05, 3.63) is 0 Å². The van der Waals surface area contributed by atoms with Gasteiger partial charge in [-0.25, -0.2) is 8.42 Å². The number of sulfone groups is 1. The summed E-state index contributed by atoms with van der Waals surface area (Å²) in [6.07, 6.45) is 1.14. The van der Waals surface area contributed by atoms with E-state index >= 15 is 0 Å². The molecule has 13 heavy (non-hydrogen) atoms. The average molecular weight is 231 g/mol. The first-order chi connectivity index (χ1) is 5.93. The van der Waals surface area contributed by atoms with E-state index in [1.54, 1.807) is 0 Å². The van der Waals surface area contributed by atoms with Crippen molar-refractivity contribution in [2.45, 2.75) is 10.6 Å². The van der Waals surface area contributed by atoms with Crippen LogP contribution in [0.3, 0.4) is 0 Å². The van der Waals surface area contributed by atoms with Gasteiger partial charge in [0.05, 0.1) is 18.6 Å². The Kier molecular flexibility index (Phi) is 5.87. The number of halogens is 1. The van der Waals surface area contributed by atoms with Gasteiger partial charge in [0.25, 0.3) is 0 Å². The molecule has 80 valence electrons. The molecule has 0 saturated heterocycles. The van der Waals surface area contributed by atoms with Gasteiger partial charge in [-0.1, -0.05) is 0 Å². The second-order valence-electron chi connectivity index (χ2n) is 2.79. The van der Waals surface area contributed by atoms with Gasteiger partial charge >= 0.3 is 0 Å². The first-order valence-corrected chi connectivity index (χ1v) is 6.13. The van der Waals surface area contributed by atoms with Gasteiger partial charge in [0.2, 0.25) is 0 Å². The Hall–Kier alpha value is 0.160. The third kappa shape index (κ3) is 4.81. The number of alkyl halides is 1. The molecule has 0 fully saturated rings. The minimum Gasteiger partial charge on any atom is -0.383 e. The van der Waals surface area contributed by atoms with E-state index in [-0.39, 0.29) is 13.2 Å². The van der Waals surface area contributed by atoms with Crippen LogP contribution >= 0.6 is 11.6 Å². The fourth-order valence-corrected chi connectivity index (χ4v) is 2.68. The largest absolute Gasteiger partial charge is 0.383 e. The summed E-state index contributed by atoms with van der Waals surface area (Å²) in [5.74, 6) is 0. The molecule has 2 unspecified atom stereocenters. The van der Waals surface area contributed by atoms with Gasteiger partial charge in [0.15, 0.2) is 9.84 Å². The van der Waals surface area contributed by atoms with Crippen LogP contribution in [0.1, 0.15) is 0 Å². The van der Waals surface area contributed by atoms with E-state index in [0.29, 0.717) is 0 Å². The normalized spacial score (nSPS) is 16.9. The van der Waals surface area contributed by atoms with Gasteiger partial charge in [-0.05, 0) is 0 Å². The number of methoxy groups -OCH3 is 2. The van der Waals surface area contributed by atoms with Crippen molar-refractivity contribution in [2.24, 2.45) is 0 Å². The summed E-state index contributed by atoms with van der Waals surface area (Å²) in [7, 11) is -0.273. The van der Waals surface area contributed by atoms with Crippen LogP contribution in [0.5, 0.6) is 0 Å². The second kappa shape index (κ2) is 5.80. The van der Waals surface area contributed by atoms with Crippen molar-refractivity contribution in [3.8, 4) is 0 Å². The molecule has 0 amide bonds. The molecule has 0 aromatic heterocycles. The lowest BCUT2D eigenvalue weighted by Gasteiger charge is -2.18. The van der Waals surface area contributed by atoms with Crippen molar-refractivity contribution < 1.29 is 17.9 Å². The fraction of sp³-hybridized carbons (Fsp3) is 1.00. The molecule has 4 nitrogen and oxygen atoms in total. The van der Waals surface area contributed by atoms with E-state index in [1.807, 2.05) is 0 Å². The summed E-state index contributed by atoms with van der Waals surface area (Å²) in [5.41, 5.74) is 0. The summed E-state index contributed by atoms with van der Waals surface area (Å²) >= 11 is 5.83. The molecule has 6 heteroatoms. The molecule has 0 aromatic carbocycles. The van der Waals surface area contributed by atoms with Crippen molar-refractivity contribution in [3.63, 3.8) is 0 Å². The maximum absolute atomic E-state index is 11.2. The molecular formula is C7H15ClO4S. The van der Waals surface area contributed by atoms with Crippen molar-refractivity contribution >= 4 is 21.4 Å². The molecule has 2 atom stereocenters. The van der Waals surface area contributed by atoms with Crippen molar-refractivity contribution in [1.82, 2.24) is 0 Å². The van der Waals surface area contributed by atoms with Crippen LogP contribution < -0.4 is 0 Å². The smallest absolute Gasteiger partial charge is 0.154 e. The Morgan fingerprint density at radius 2 is 1.69 bits per heavy atom. The van der Waals surface area contributed by atoms with Gasteiger partial charge < -0.3 is 9.47 Å². The van der Waals surface area contributed by atoms with Gasteiger partial charge in [0, 0.05) is 20.5 Å². The molecule has 0 bridgehead atoms. The van der Waals surface area contributed by atoms with Crippen LogP contribution in [0.15, 0.2) is 0 Å². The maximum Gasteiger partial charge on any atom is 0.154 e. The predicted molar refractivity (Wildman–Crippen MR) is 52.0 cm³/mol. The van der Waals surface area contributed by atoms with Crippen molar-refractivity contribution in [1.29, 1.82) is 0 Å². The van der Waals surface area contributed by atoms with E-state index in [1.165, 1.54) is 14.2 Å². The topological polar surface area (TPSA) is 52.6 Å². The van der Waals surface area contributed by atoms with E-state index in [4.69, 9.17) is 21.1 Å². The van der Waals surface area contributed by atoms with Gasteiger partial charge in [0.1, 0.15) is 5.25 Å². The van der Waals surface area contributed by atoms with Crippen LogP contribution in [0.25, 0.3) is 0 Å². The molecule has 0 rings (SSSR count).